The topological polar surface area (TPSA) is 0 Å². The quantitative estimate of drug-likeness (QED) is 0.321. The summed E-state index contributed by atoms with van der Waals surface area (Å²) in [6.45, 7) is 0. The van der Waals surface area contributed by atoms with Crippen molar-refractivity contribution in [3.63, 3.8) is 0 Å². The molecule has 0 saturated carbocycles. The van der Waals surface area contributed by atoms with Gasteiger partial charge in [0.25, 0.3) is 0 Å². The third-order valence-corrected chi connectivity index (χ3v) is 0. The van der Waals surface area contributed by atoms with Gasteiger partial charge in [-0.2, -0.15) is 0 Å². The smallest absolute Gasteiger partial charge is 0 e. The van der Waals surface area contributed by atoms with Crippen molar-refractivity contribution in [2.24, 2.45) is 0 Å². The molecule has 0 aromatic carbocycles. The largest absolute Gasteiger partial charge is 0 e. The van der Waals surface area contributed by atoms with Crippen LogP contribution in [0.25, 0.3) is 0 Å². The minimum atomic E-state index is 0. The predicted octanol–water partition coefficient (Wildman–Crippen LogP) is 0. The molecule has 0 aliphatic rings. The minimum absolute atomic E-state index is 0. The fourth-order valence-electron chi connectivity index (χ4n) is 0. The number of hydrogen-bond donors (Lipinski definition) is 0. The average Bonchev–Trinajstić information content (AvgIpc) is 0. The monoisotopic (exact) mass is 8900 g/mol. The first-order valence-corrected chi connectivity index (χ1v) is 0. The van der Waals surface area contributed by atoms with Crippen molar-refractivity contribution in [3.8, 4) is 0 Å². The van der Waals surface area contributed by atoms with Crippen LogP contribution >= 0.6 is 0 Å². The summed E-state index contributed by atoms with van der Waals surface area (Å²) < 4.78 is 0. The van der Waals surface area contributed by atoms with Crippen LogP contribution in [0.3, 0.4) is 0 Å². The molecule has 0 heterocycles. The van der Waals surface area contributed by atoms with Crippen LogP contribution in [0.5, 0.6) is 0 Å². The van der Waals surface area contributed by atoms with Gasteiger partial charge in [0.2, 0.25) is 0 Å². The van der Waals surface area contributed by atoms with Crippen LogP contribution in [0, 0.1) is 2160 Å². The second-order valence-corrected chi connectivity index (χ2v) is 0. The van der Waals surface area contributed by atoms with Gasteiger partial charge in [-0.1, -0.05) is 0 Å². The Balaban J connectivity index is 0. The molecule has 0 saturated heterocycles. The maximum absolute atomic E-state index is 0. The van der Waals surface area contributed by atoms with E-state index in [1.807, 2.05) is 0 Å². The zero-order valence-corrected chi connectivity index (χ0v) is 138. The molecule has 56 heteroatoms. The molecule has 0 rings (SSSR count). The summed E-state index contributed by atoms with van der Waals surface area (Å²) in [5, 5.41) is 0. The van der Waals surface area contributed by atoms with Crippen LogP contribution in [0.2, 0.25) is 0 Å². The number of rotatable bonds is 0. The van der Waals surface area contributed by atoms with Crippen molar-refractivity contribution in [2.75, 3.05) is 0 Å². The molecule has 0 bridgehead atoms. The Kier molecular flexibility index (Phi) is 2770. The molecule has 0 amide bonds. The van der Waals surface area contributed by atoms with Gasteiger partial charge in [-0.3, -0.25) is 0 Å². The molecule has 0 aliphatic carbocycles. The van der Waals surface area contributed by atoms with E-state index in [1.165, 1.54) is 0 Å². The summed E-state index contributed by atoms with van der Waals surface area (Å²) in [5.74, 6) is 0. The van der Waals surface area contributed by atoms with Crippen molar-refractivity contribution in [3.05, 3.63) is 0 Å². The standard InChI is InChI=1S/56Tb. The second kappa shape index (κ2) is 389. The molecule has 504 valence electrons. The van der Waals surface area contributed by atoms with Gasteiger partial charge in [-0.25, -0.2) is 0 Å². The van der Waals surface area contributed by atoms with E-state index >= 15 is 0 Å². The Morgan fingerprint density at radius 1 is 0.0179 bits per heavy atom. The summed E-state index contributed by atoms with van der Waals surface area (Å²) in [4.78, 5) is 0. The van der Waals surface area contributed by atoms with Crippen molar-refractivity contribution in [1.29, 1.82) is 0 Å². The molecule has 0 N–H and O–H groups in total. The van der Waals surface area contributed by atoms with Crippen molar-refractivity contribution >= 4 is 0 Å². The molecular formula is Tb56. The van der Waals surface area contributed by atoms with Crippen molar-refractivity contribution in [2.45, 2.75) is 0 Å². The zero-order chi connectivity index (χ0) is 0. The van der Waals surface area contributed by atoms with Gasteiger partial charge in [0.1, 0.15) is 0 Å². The van der Waals surface area contributed by atoms with Gasteiger partial charge >= 0.3 is 0 Å². The molecule has 0 unspecified atom stereocenters. The SMILES string of the molecule is [Tb].[Tb].[Tb].[Tb].[Tb].[Tb].[Tb].[Tb].[Tb].[Tb].[Tb].[Tb].[Tb].[Tb].[Tb].[Tb].[Tb].[Tb].[Tb].[Tb].[Tb].[Tb].[Tb].[Tb].[Tb].[Tb].[Tb].[Tb].[Tb].[Tb].[Tb].[Tb].[Tb].[Tb].[Tb].[Tb].[Tb].[Tb].[Tb].[Tb].[Tb].[Tb].[Tb].[Tb].[Tb].[Tb].[Tb].[Tb].[Tb].[Tb].[Tb].[Tb].[Tb].[Tb].[Tb].[Tb]. The minimum Gasteiger partial charge on any atom is 0 e. The first kappa shape index (κ1) is 398. The third-order valence-electron chi connectivity index (χ3n) is 0. The normalized spacial score (nSPS) is 0. The number of hydrogen-bond acceptors (Lipinski definition) is 0. The van der Waals surface area contributed by atoms with Crippen molar-refractivity contribution < 1.29 is 2160 Å². The van der Waals surface area contributed by atoms with Crippen LogP contribution in [-0.2, 0) is 0 Å². The summed E-state index contributed by atoms with van der Waals surface area (Å²) in [6.07, 6.45) is 0. The summed E-state index contributed by atoms with van der Waals surface area (Å²) in [6, 6.07) is 0. The van der Waals surface area contributed by atoms with Gasteiger partial charge in [-0.15, -0.1) is 0 Å². The van der Waals surface area contributed by atoms with E-state index in [9.17, 15) is 0 Å². The van der Waals surface area contributed by atoms with E-state index in [0.29, 0.717) is 0 Å². The third kappa shape index (κ3) is 380. The summed E-state index contributed by atoms with van der Waals surface area (Å²) in [5.41, 5.74) is 0. The molecule has 0 atom stereocenters. The maximum Gasteiger partial charge on any atom is 0 e. The van der Waals surface area contributed by atoms with Crippen LogP contribution in [0.15, 0.2) is 0 Å². The zero-order valence-electron chi connectivity index (χ0n) is 18.7. The second-order valence-electron chi connectivity index (χ2n) is 0. The van der Waals surface area contributed by atoms with E-state index in [1.54, 1.807) is 0 Å². The molecule has 56 heavy (non-hydrogen) atoms. The summed E-state index contributed by atoms with van der Waals surface area (Å²) >= 11 is 0. The predicted molar refractivity (Wildman–Crippen MR) is 0 cm³/mol. The Bertz CT molecular complexity index is 0. The first-order chi connectivity index (χ1) is 0. The summed E-state index contributed by atoms with van der Waals surface area (Å²) in [7, 11) is 0. The molecule has 56 radical (unpaired) electrons. The Morgan fingerprint density at radius 2 is 0.0179 bits per heavy atom. The van der Waals surface area contributed by atoms with E-state index in [4.69, 9.17) is 0 Å². The fourth-order valence-corrected chi connectivity index (χ4v) is 0. The Hall–Kier alpha value is 72.0. The van der Waals surface area contributed by atoms with E-state index in [2.05, 4.69) is 0 Å². The van der Waals surface area contributed by atoms with E-state index < -0.39 is 0 Å². The van der Waals surface area contributed by atoms with Crippen LogP contribution in [0.1, 0.15) is 0 Å². The molecular weight excluding hydrogens is 8900 g/mol. The average molecular weight is 8900 g/mol. The van der Waals surface area contributed by atoms with Gasteiger partial charge < -0.3 is 0 Å². The van der Waals surface area contributed by atoms with E-state index in [0.717, 1.165) is 0 Å². The van der Waals surface area contributed by atoms with Gasteiger partial charge in [-0.05, 0) is 0 Å². The van der Waals surface area contributed by atoms with Gasteiger partial charge in [0.15, 0.2) is 0 Å². The Morgan fingerprint density at radius 3 is 0.0179 bits per heavy atom. The van der Waals surface area contributed by atoms with Gasteiger partial charge in [0.05, 0.1) is 0 Å². The molecule has 0 aromatic rings. The van der Waals surface area contributed by atoms with Crippen LogP contribution in [0.4, 0.5) is 0 Å². The van der Waals surface area contributed by atoms with E-state index in [-0.39, 0.29) is 2160 Å². The van der Waals surface area contributed by atoms with Crippen LogP contribution < -0.4 is 0 Å². The van der Waals surface area contributed by atoms with Crippen LogP contribution in [-0.4, -0.2) is 0 Å². The van der Waals surface area contributed by atoms with Crippen molar-refractivity contribution in [1.82, 2.24) is 0 Å². The molecule has 0 fully saturated rings. The Labute approximate surface area is 2070 Å². The molecule has 0 nitrogen and oxygen atoms in total. The molecule has 0 aliphatic heterocycles. The fraction of sp³-hybridized carbons (Fsp3) is 0. The molecule has 0 aromatic heterocycles. The molecule has 0 spiro atoms. The maximum atomic E-state index is 0. The first-order valence-electron chi connectivity index (χ1n) is 0. The van der Waals surface area contributed by atoms with Gasteiger partial charge in [0, 0.05) is 2160 Å².